The Morgan fingerprint density at radius 3 is 0.967 bits per heavy atom. The van der Waals surface area contributed by atoms with Crippen LogP contribution in [0.2, 0.25) is 0 Å². The van der Waals surface area contributed by atoms with Crippen LogP contribution >= 0.6 is 0 Å². The molecule has 0 saturated carbocycles. The Kier molecular flexibility index (Phi) is 5.20. The fourth-order valence-electron chi connectivity index (χ4n) is 2.09. The van der Waals surface area contributed by atoms with Gasteiger partial charge in [0.15, 0.2) is 0 Å². The predicted molar refractivity (Wildman–Crippen MR) is 69.3 cm³/mol. The highest BCUT2D eigenvalue weighted by Gasteiger charge is 2.79. The van der Waals surface area contributed by atoms with E-state index in [9.17, 15) is 61.5 Å². The molecule has 0 aliphatic carbocycles. The number of aromatic nitrogens is 2. The number of halogens is 14. The summed E-state index contributed by atoms with van der Waals surface area (Å²) in [6.07, 6.45) is -14.2. The fourth-order valence-corrected chi connectivity index (χ4v) is 2.09. The lowest BCUT2D eigenvalue weighted by Gasteiger charge is -2.32. The number of para-hydroxylation sites is 2. The van der Waals surface area contributed by atoms with Crippen LogP contribution in [0.1, 0.15) is 11.4 Å². The van der Waals surface area contributed by atoms with Crippen molar-refractivity contribution in [3.8, 4) is 0 Å². The van der Waals surface area contributed by atoms with Crippen LogP contribution < -0.4 is 0 Å². The molecule has 0 aliphatic rings. The lowest BCUT2D eigenvalue weighted by Crippen LogP contribution is -2.54. The first-order chi connectivity index (χ1) is 13.2. The Balaban J connectivity index is 2.96. The normalized spacial score (nSPS) is 15.0. The Morgan fingerprint density at radius 2 is 0.733 bits per heavy atom. The second-order valence-electron chi connectivity index (χ2n) is 5.70. The van der Waals surface area contributed by atoms with Crippen LogP contribution in [-0.4, -0.2) is 34.2 Å². The summed E-state index contributed by atoms with van der Waals surface area (Å²) in [7, 11) is 0. The number of benzene rings is 1. The second kappa shape index (κ2) is 6.54. The summed E-state index contributed by atoms with van der Waals surface area (Å²) >= 11 is 0. The van der Waals surface area contributed by atoms with Gasteiger partial charge in [0, 0.05) is 0 Å². The van der Waals surface area contributed by atoms with Gasteiger partial charge >= 0.3 is 36.0 Å². The quantitative estimate of drug-likeness (QED) is 0.501. The molecule has 0 amide bonds. The van der Waals surface area contributed by atoms with Gasteiger partial charge in [0.25, 0.3) is 0 Å². The average Bonchev–Trinajstić information content (AvgIpc) is 2.58. The summed E-state index contributed by atoms with van der Waals surface area (Å²) in [5, 5.41) is 0. The maximum atomic E-state index is 14.0. The van der Waals surface area contributed by atoms with Crippen molar-refractivity contribution in [3.05, 3.63) is 35.7 Å². The second-order valence-corrected chi connectivity index (χ2v) is 5.70. The van der Waals surface area contributed by atoms with Crippen molar-refractivity contribution < 1.29 is 61.5 Å². The van der Waals surface area contributed by atoms with Gasteiger partial charge in [0.05, 0.1) is 11.0 Å². The summed E-state index contributed by atoms with van der Waals surface area (Å²) in [4.78, 5) is 4.83. The third kappa shape index (κ3) is 3.29. The van der Waals surface area contributed by atoms with E-state index in [1.807, 2.05) is 0 Å². The Bertz CT molecular complexity index is 867. The molecule has 0 aliphatic heterocycles. The molecule has 1 heterocycles. The Morgan fingerprint density at radius 1 is 0.467 bits per heavy atom. The Labute approximate surface area is 155 Å². The van der Waals surface area contributed by atoms with Crippen LogP contribution in [0.15, 0.2) is 24.3 Å². The highest BCUT2D eigenvalue weighted by atomic mass is 19.4. The standard InChI is InChI=1S/C14H4F14N2/c15-9(16,11(19,20)13(23,24)25)7-8(10(17,18)12(21,22)14(26,27)28)30-6-4-2-1-3-5(6)29-7/h1-4H. The first-order valence-electron chi connectivity index (χ1n) is 7.12. The fraction of sp³-hybridized carbons (Fsp3) is 0.429. The van der Waals surface area contributed by atoms with Gasteiger partial charge in [-0.25, -0.2) is 9.97 Å². The molecule has 0 radical (unpaired) electrons. The summed E-state index contributed by atoms with van der Waals surface area (Å²) in [6.45, 7) is 0. The van der Waals surface area contributed by atoms with Crippen molar-refractivity contribution in [1.82, 2.24) is 9.97 Å². The lowest BCUT2D eigenvalue weighted by molar-refractivity contribution is -0.368. The summed E-state index contributed by atoms with van der Waals surface area (Å²) in [6, 6.07) is 2.95. The number of hydrogen-bond donors (Lipinski definition) is 0. The largest absolute Gasteiger partial charge is 0.460 e. The van der Waals surface area contributed by atoms with Gasteiger partial charge in [0.2, 0.25) is 0 Å². The molecule has 2 nitrogen and oxygen atoms in total. The predicted octanol–water partition coefficient (Wildman–Crippen LogP) is 6.21. The Hall–Kier alpha value is -2.42. The zero-order chi connectivity index (χ0) is 23.6. The van der Waals surface area contributed by atoms with Crippen molar-refractivity contribution in [1.29, 1.82) is 0 Å². The van der Waals surface area contributed by atoms with Crippen LogP contribution in [0, 0.1) is 0 Å². The van der Waals surface area contributed by atoms with Crippen LogP contribution in [0.5, 0.6) is 0 Å². The van der Waals surface area contributed by atoms with E-state index in [-0.39, 0.29) is 0 Å². The minimum atomic E-state index is -7.19. The van der Waals surface area contributed by atoms with Crippen LogP contribution in [0.4, 0.5) is 61.5 Å². The molecule has 0 saturated heterocycles. The highest BCUT2D eigenvalue weighted by Crippen LogP contribution is 2.57. The van der Waals surface area contributed by atoms with E-state index in [4.69, 9.17) is 0 Å². The van der Waals surface area contributed by atoms with E-state index < -0.39 is 58.5 Å². The topological polar surface area (TPSA) is 25.8 Å². The number of nitrogens with zero attached hydrogens (tertiary/aromatic N) is 2. The third-order valence-corrected chi connectivity index (χ3v) is 3.67. The maximum absolute atomic E-state index is 14.0. The van der Waals surface area contributed by atoms with Gasteiger partial charge in [0.1, 0.15) is 11.4 Å². The number of hydrogen-bond acceptors (Lipinski definition) is 2. The monoisotopic (exact) mass is 466 g/mol. The van der Waals surface area contributed by atoms with Crippen molar-refractivity contribution in [2.45, 2.75) is 36.0 Å². The lowest BCUT2D eigenvalue weighted by atomic mass is 9.98. The first-order valence-corrected chi connectivity index (χ1v) is 7.12. The zero-order valence-corrected chi connectivity index (χ0v) is 13.5. The summed E-state index contributed by atoms with van der Waals surface area (Å²) in [5.41, 5.74) is -8.89. The van der Waals surface area contributed by atoms with E-state index in [0.717, 1.165) is 12.1 Å². The molecule has 0 fully saturated rings. The van der Waals surface area contributed by atoms with E-state index in [1.54, 1.807) is 0 Å². The van der Waals surface area contributed by atoms with Crippen molar-refractivity contribution in [3.63, 3.8) is 0 Å². The molecule has 0 N–H and O–H groups in total. The van der Waals surface area contributed by atoms with Gasteiger partial charge in [-0.2, -0.15) is 61.5 Å². The van der Waals surface area contributed by atoms with Gasteiger partial charge in [-0.3, -0.25) is 0 Å². The number of alkyl halides is 14. The van der Waals surface area contributed by atoms with Crippen LogP contribution in [0.25, 0.3) is 11.0 Å². The van der Waals surface area contributed by atoms with Gasteiger partial charge in [-0.05, 0) is 12.1 Å². The van der Waals surface area contributed by atoms with Crippen molar-refractivity contribution >= 4 is 11.0 Å². The molecule has 30 heavy (non-hydrogen) atoms. The number of fused-ring (bicyclic) bond motifs is 1. The van der Waals surface area contributed by atoms with Gasteiger partial charge in [-0.1, -0.05) is 12.1 Å². The average molecular weight is 466 g/mol. The number of rotatable bonds is 4. The summed E-state index contributed by atoms with van der Waals surface area (Å²) in [5.74, 6) is -28.0. The van der Waals surface area contributed by atoms with Crippen LogP contribution in [0.3, 0.4) is 0 Å². The molecule has 0 spiro atoms. The molecule has 16 heteroatoms. The molecule has 0 atom stereocenters. The van der Waals surface area contributed by atoms with E-state index in [1.165, 1.54) is 0 Å². The molecular formula is C14H4F14N2. The molecule has 1 aromatic heterocycles. The SMILES string of the molecule is FC(F)(F)C(F)(F)C(F)(F)c1nc2ccccc2nc1C(F)(F)C(F)(F)C(F)(F)F. The molecule has 2 rings (SSSR count). The highest BCUT2D eigenvalue weighted by molar-refractivity contribution is 5.74. The van der Waals surface area contributed by atoms with Crippen LogP contribution in [-0.2, 0) is 11.8 Å². The molecule has 2 aromatic rings. The molecular weight excluding hydrogens is 462 g/mol. The first kappa shape index (κ1) is 23.9. The molecule has 0 unspecified atom stereocenters. The van der Waals surface area contributed by atoms with Crippen molar-refractivity contribution in [2.24, 2.45) is 0 Å². The molecule has 168 valence electrons. The van der Waals surface area contributed by atoms with E-state index in [2.05, 4.69) is 9.97 Å². The molecule has 0 bridgehead atoms. The van der Waals surface area contributed by atoms with E-state index in [0.29, 0.717) is 12.1 Å². The van der Waals surface area contributed by atoms with Gasteiger partial charge < -0.3 is 0 Å². The smallest absolute Gasteiger partial charge is 0.242 e. The summed E-state index contributed by atoms with van der Waals surface area (Å²) < 4.78 is 184. The minimum absolute atomic E-state index is 0.581. The third-order valence-electron chi connectivity index (χ3n) is 3.67. The van der Waals surface area contributed by atoms with E-state index >= 15 is 0 Å². The zero-order valence-electron chi connectivity index (χ0n) is 13.5. The van der Waals surface area contributed by atoms with Gasteiger partial charge in [-0.15, -0.1) is 0 Å². The molecule has 1 aromatic carbocycles. The minimum Gasteiger partial charge on any atom is -0.242 e. The van der Waals surface area contributed by atoms with Crippen molar-refractivity contribution in [2.75, 3.05) is 0 Å². The maximum Gasteiger partial charge on any atom is 0.460 e.